The third-order valence-corrected chi connectivity index (χ3v) is 3.24. The van der Waals surface area contributed by atoms with Gasteiger partial charge in [0, 0.05) is 12.2 Å². The van der Waals surface area contributed by atoms with E-state index in [2.05, 4.69) is 4.98 Å². The topological polar surface area (TPSA) is 33.2 Å². The second-order valence-electron chi connectivity index (χ2n) is 4.38. The van der Waals surface area contributed by atoms with Crippen molar-refractivity contribution in [1.29, 1.82) is 0 Å². The lowest BCUT2D eigenvalue weighted by molar-refractivity contribution is 0.0987. The summed E-state index contributed by atoms with van der Waals surface area (Å²) < 4.78 is 13.2. The van der Waals surface area contributed by atoms with Crippen LogP contribution < -0.4 is 4.90 Å². The molecule has 0 fully saturated rings. The van der Waals surface area contributed by atoms with Gasteiger partial charge in [0.25, 0.3) is 5.91 Å². The minimum atomic E-state index is -0.585. The minimum absolute atomic E-state index is 0.00182. The van der Waals surface area contributed by atoms with Crippen molar-refractivity contribution >= 4 is 23.2 Å². The average molecular weight is 293 g/mol. The van der Waals surface area contributed by atoms with E-state index in [1.54, 1.807) is 0 Å². The highest BCUT2D eigenvalue weighted by atomic mass is 35.5. The van der Waals surface area contributed by atoms with Crippen LogP contribution in [-0.2, 0) is 0 Å². The third-order valence-electron chi connectivity index (χ3n) is 2.94. The Bertz CT molecular complexity index is 628. The molecular weight excluding hydrogens is 279 g/mol. The van der Waals surface area contributed by atoms with Crippen molar-refractivity contribution in [3.05, 3.63) is 58.6 Å². The second-order valence-corrected chi connectivity index (χ2v) is 4.73. The van der Waals surface area contributed by atoms with Crippen LogP contribution in [0.2, 0.25) is 5.15 Å². The maximum atomic E-state index is 13.2. The fourth-order valence-corrected chi connectivity index (χ4v) is 2.07. The molecule has 1 heterocycles. The first-order valence-corrected chi connectivity index (χ1v) is 6.60. The average Bonchev–Trinajstić information content (AvgIpc) is 2.44. The van der Waals surface area contributed by atoms with Gasteiger partial charge in [-0.15, -0.1) is 0 Å². The van der Waals surface area contributed by atoms with Crippen LogP contribution in [0, 0.1) is 12.7 Å². The van der Waals surface area contributed by atoms with Crippen LogP contribution in [0.4, 0.5) is 10.1 Å². The van der Waals surface area contributed by atoms with Gasteiger partial charge in [0.2, 0.25) is 0 Å². The number of nitrogens with zero attached hydrogens (tertiary/aromatic N) is 2. The van der Waals surface area contributed by atoms with E-state index in [-0.39, 0.29) is 16.6 Å². The molecule has 0 aliphatic rings. The maximum Gasteiger partial charge on any atom is 0.261 e. The molecule has 0 saturated heterocycles. The quantitative estimate of drug-likeness (QED) is 0.805. The number of amides is 1. The first-order valence-electron chi connectivity index (χ1n) is 6.22. The molecule has 0 radical (unpaired) electrons. The summed E-state index contributed by atoms with van der Waals surface area (Å²) in [5.41, 5.74) is 1.90. The molecule has 0 bridgehead atoms. The molecule has 1 amide bonds. The van der Waals surface area contributed by atoms with Gasteiger partial charge in [-0.3, -0.25) is 4.79 Å². The van der Waals surface area contributed by atoms with Gasteiger partial charge in [-0.05, 0) is 32.0 Å². The Balaban J connectivity index is 2.38. The summed E-state index contributed by atoms with van der Waals surface area (Å²) in [5, 5.41) is 0.00182. The van der Waals surface area contributed by atoms with E-state index in [1.165, 1.54) is 4.90 Å². The number of pyridine rings is 1. The SMILES string of the molecule is CCN(C(=O)c1cc(F)cnc1Cl)c1ccc(C)cc1. The number of hydrogen-bond donors (Lipinski definition) is 0. The van der Waals surface area contributed by atoms with E-state index in [0.29, 0.717) is 6.54 Å². The van der Waals surface area contributed by atoms with E-state index in [1.807, 2.05) is 38.1 Å². The second kappa shape index (κ2) is 6.01. The van der Waals surface area contributed by atoms with Crippen LogP contribution in [0.1, 0.15) is 22.8 Å². The van der Waals surface area contributed by atoms with Crippen LogP contribution >= 0.6 is 11.6 Å². The van der Waals surface area contributed by atoms with Crippen molar-refractivity contribution in [2.75, 3.05) is 11.4 Å². The Morgan fingerprint density at radius 2 is 2.00 bits per heavy atom. The molecule has 20 heavy (non-hydrogen) atoms. The van der Waals surface area contributed by atoms with E-state index in [4.69, 9.17) is 11.6 Å². The summed E-state index contributed by atoms with van der Waals surface area (Å²) in [6.45, 7) is 4.27. The molecule has 0 saturated carbocycles. The summed E-state index contributed by atoms with van der Waals surface area (Å²) in [7, 11) is 0. The standard InChI is InChI=1S/C15H14ClFN2O/c1-3-19(12-6-4-10(2)5-7-12)15(20)13-8-11(17)9-18-14(13)16/h4-9H,3H2,1-2H3. The van der Waals surface area contributed by atoms with Crippen molar-refractivity contribution in [2.45, 2.75) is 13.8 Å². The Hall–Kier alpha value is -1.94. The lowest BCUT2D eigenvalue weighted by atomic mass is 10.2. The summed E-state index contributed by atoms with van der Waals surface area (Å²) in [6, 6.07) is 8.62. The van der Waals surface area contributed by atoms with Crippen molar-refractivity contribution in [2.24, 2.45) is 0 Å². The molecule has 104 valence electrons. The number of carbonyl (C=O) groups excluding carboxylic acids is 1. The monoisotopic (exact) mass is 292 g/mol. The van der Waals surface area contributed by atoms with Gasteiger partial charge in [0.1, 0.15) is 11.0 Å². The zero-order valence-corrected chi connectivity index (χ0v) is 12.0. The molecule has 5 heteroatoms. The molecule has 0 atom stereocenters. The van der Waals surface area contributed by atoms with Crippen LogP contribution in [0.3, 0.4) is 0 Å². The normalized spacial score (nSPS) is 10.4. The fourth-order valence-electron chi connectivity index (χ4n) is 1.89. The summed E-state index contributed by atoms with van der Waals surface area (Å²) in [4.78, 5) is 17.7. The predicted molar refractivity (Wildman–Crippen MR) is 77.7 cm³/mol. The van der Waals surface area contributed by atoms with E-state index in [0.717, 1.165) is 23.5 Å². The molecule has 2 aromatic rings. The number of carbonyl (C=O) groups is 1. The number of anilines is 1. The van der Waals surface area contributed by atoms with Crippen molar-refractivity contribution < 1.29 is 9.18 Å². The number of benzene rings is 1. The predicted octanol–water partition coefficient (Wildman–Crippen LogP) is 3.85. The highest BCUT2D eigenvalue weighted by molar-refractivity contribution is 6.33. The van der Waals surface area contributed by atoms with Gasteiger partial charge in [0.15, 0.2) is 0 Å². The van der Waals surface area contributed by atoms with E-state index >= 15 is 0 Å². The molecule has 1 aromatic carbocycles. The van der Waals surface area contributed by atoms with Gasteiger partial charge in [-0.25, -0.2) is 9.37 Å². The summed E-state index contributed by atoms with van der Waals surface area (Å²) in [5.74, 6) is -0.953. The first-order chi connectivity index (χ1) is 9.52. The lowest BCUT2D eigenvalue weighted by Gasteiger charge is -2.21. The zero-order chi connectivity index (χ0) is 14.7. The molecule has 2 rings (SSSR count). The maximum absolute atomic E-state index is 13.2. The minimum Gasteiger partial charge on any atom is -0.309 e. The Morgan fingerprint density at radius 3 is 2.60 bits per heavy atom. The molecule has 0 aliphatic heterocycles. The van der Waals surface area contributed by atoms with E-state index in [9.17, 15) is 9.18 Å². The largest absolute Gasteiger partial charge is 0.309 e. The summed E-state index contributed by atoms with van der Waals surface area (Å²) >= 11 is 5.88. The molecule has 3 nitrogen and oxygen atoms in total. The zero-order valence-electron chi connectivity index (χ0n) is 11.2. The Kier molecular flexibility index (Phi) is 4.35. The number of hydrogen-bond acceptors (Lipinski definition) is 2. The number of aryl methyl sites for hydroxylation is 1. The Labute approximate surface area is 122 Å². The van der Waals surface area contributed by atoms with E-state index < -0.39 is 5.82 Å². The highest BCUT2D eigenvalue weighted by Gasteiger charge is 2.20. The smallest absolute Gasteiger partial charge is 0.261 e. The molecule has 0 aliphatic carbocycles. The van der Waals surface area contributed by atoms with Crippen LogP contribution in [0.15, 0.2) is 36.5 Å². The highest BCUT2D eigenvalue weighted by Crippen LogP contribution is 2.21. The molecule has 0 unspecified atom stereocenters. The lowest BCUT2D eigenvalue weighted by Crippen LogP contribution is -2.31. The van der Waals surface area contributed by atoms with Gasteiger partial charge < -0.3 is 4.90 Å². The van der Waals surface area contributed by atoms with Gasteiger partial charge in [-0.1, -0.05) is 29.3 Å². The number of aromatic nitrogens is 1. The molecule has 0 N–H and O–H groups in total. The van der Waals surface area contributed by atoms with Gasteiger partial charge in [0.05, 0.1) is 11.8 Å². The third kappa shape index (κ3) is 2.96. The fraction of sp³-hybridized carbons (Fsp3) is 0.200. The van der Waals surface area contributed by atoms with Crippen molar-refractivity contribution in [3.8, 4) is 0 Å². The van der Waals surface area contributed by atoms with Gasteiger partial charge >= 0.3 is 0 Å². The molecule has 0 spiro atoms. The molecular formula is C15H14ClFN2O. The van der Waals surface area contributed by atoms with Crippen LogP contribution in [0.5, 0.6) is 0 Å². The number of halogens is 2. The molecule has 1 aromatic heterocycles. The van der Waals surface area contributed by atoms with Crippen molar-refractivity contribution in [3.63, 3.8) is 0 Å². The number of rotatable bonds is 3. The Morgan fingerprint density at radius 1 is 1.35 bits per heavy atom. The van der Waals surface area contributed by atoms with Gasteiger partial charge in [-0.2, -0.15) is 0 Å². The van der Waals surface area contributed by atoms with Crippen molar-refractivity contribution in [1.82, 2.24) is 4.98 Å². The van der Waals surface area contributed by atoms with Crippen LogP contribution in [0.25, 0.3) is 0 Å². The summed E-state index contributed by atoms with van der Waals surface area (Å²) in [6.07, 6.45) is 0.987. The first kappa shape index (κ1) is 14.5. The van der Waals surface area contributed by atoms with Crippen LogP contribution in [-0.4, -0.2) is 17.4 Å².